The Kier molecular flexibility index (Phi) is 4.31. The van der Waals surface area contributed by atoms with Gasteiger partial charge in [-0.25, -0.2) is 4.68 Å². The highest BCUT2D eigenvalue weighted by Gasteiger charge is 2.30. The van der Waals surface area contributed by atoms with Gasteiger partial charge in [0.1, 0.15) is 0 Å². The summed E-state index contributed by atoms with van der Waals surface area (Å²) in [4.78, 5) is 30.0. The molecule has 1 aromatic carbocycles. The molecule has 0 bridgehead atoms. The van der Waals surface area contributed by atoms with E-state index in [1.54, 1.807) is 22.7 Å². The van der Waals surface area contributed by atoms with Gasteiger partial charge in [0.15, 0.2) is 5.69 Å². The first-order chi connectivity index (χ1) is 13.1. The maximum absolute atomic E-state index is 12.9. The van der Waals surface area contributed by atoms with Crippen LogP contribution >= 0.6 is 0 Å². The second kappa shape index (κ2) is 6.79. The summed E-state index contributed by atoms with van der Waals surface area (Å²) in [6.45, 7) is 2.63. The van der Waals surface area contributed by atoms with Crippen molar-refractivity contribution in [2.75, 3.05) is 13.1 Å². The lowest BCUT2D eigenvalue weighted by Crippen LogP contribution is -2.40. The van der Waals surface area contributed by atoms with Gasteiger partial charge >= 0.3 is 5.97 Å². The Hall–Kier alpha value is -3.29. The highest BCUT2D eigenvalue weighted by molar-refractivity contribution is 5.94. The molecule has 0 radical (unpaired) electrons. The number of benzene rings is 1. The molecule has 1 fully saturated rings. The fraction of sp³-hybridized carbons (Fsp3) is 0.316. The van der Waals surface area contributed by atoms with Crippen LogP contribution in [0.4, 0.5) is 0 Å². The molecule has 0 spiro atoms. The summed E-state index contributed by atoms with van der Waals surface area (Å²) in [5, 5.41) is 18.4. The second-order valence-corrected chi connectivity index (χ2v) is 6.69. The van der Waals surface area contributed by atoms with Crippen LogP contribution in [-0.2, 0) is 4.79 Å². The molecule has 3 aromatic rings. The van der Waals surface area contributed by atoms with E-state index in [4.69, 9.17) is 5.11 Å². The zero-order valence-electron chi connectivity index (χ0n) is 14.9. The molecular weight excluding hydrogens is 346 g/mol. The molecule has 0 aliphatic carbocycles. The molecule has 1 amide bonds. The molecule has 1 saturated heterocycles. The van der Waals surface area contributed by atoms with Crippen LogP contribution in [0.2, 0.25) is 0 Å². The van der Waals surface area contributed by atoms with Crippen LogP contribution in [0.5, 0.6) is 0 Å². The van der Waals surface area contributed by atoms with E-state index >= 15 is 0 Å². The van der Waals surface area contributed by atoms with E-state index in [2.05, 4.69) is 15.3 Å². The zero-order valence-corrected chi connectivity index (χ0v) is 14.9. The molecule has 2 aromatic heterocycles. The van der Waals surface area contributed by atoms with E-state index in [-0.39, 0.29) is 17.5 Å². The number of carboxylic acid groups (broad SMARTS) is 1. The van der Waals surface area contributed by atoms with Gasteiger partial charge in [0, 0.05) is 24.7 Å². The van der Waals surface area contributed by atoms with Crippen molar-refractivity contribution in [1.82, 2.24) is 24.9 Å². The minimum atomic E-state index is -0.798. The Balaban J connectivity index is 1.63. The van der Waals surface area contributed by atoms with E-state index in [9.17, 15) is 9.59 Å². The average Bonchev–Trinajstić information content (AvgIpc) is 3.08. The summed E-state index contributed by atoms with van der Waals surface area (Å²) in [6.07, 6.45) is 2.64. The maximum Gasteiger partial charge on any atom is 0.306 e. The molecule has 8 heteroatoms. The molecule has 27 heavy (non-hydrogen) atoms. The first-order valence-electron chi connectivity index (χ1n) is 8.85. The molecule has 4 rings (SSSR count). The van der Waals surface area contributed by atoms with Crippen molar-refractivity contribution in [1.29, 1.82) is 0 Å². The molecule has 3 heterocycles. The summed E-state index contributed by atoms with van der Waals surface area (Å²) in [7, 11) is 0. The number of nitrogens with zero attached hydrogens (tertiary/aromatic N) is 5. The van der Waals surface area contributed by atoms with Gasteiger partial charge in [0.05, 0.1) is 22.8 Å². The number of fused-ring (bicyclic) bond motifs is 1. The number of amides is 1. The Morgan fingerprint density at radius 3 is 2.63 bits per heavy atom. The number of hydrogen-bond donors (Lipinski definition) is 1. The molecule has 1 aliphatic rings. The first kappa shape index (κ1) is 17.1. The summed E-state index contributed by atoms with van der Waals surface area (Å²) >= 11 is 0. The van der Waals surface area contributed by atoms with Gasteiger partial charge in [-0.05, 0) is 31.9 Å². The largest absolute Gasteiger partial charge is 0.481 e. The smallest absolute Gasteiger partial charge is 0.306 e. The van der Waals surface area contributed by atoms with E-state index in [1.807, 2.05) is 30.3 Å². The summed E-state index contributed by atoms with van der Waals surface area (Å²) in [5.74, 6) is -1.39. The van der Waals surface area contributed by atoms with Gasteiger partial charge in [-0.3, -0.25) is 14.6 Å². The highest BCUT2D eigenvalue weighted by atomic mass is 16.4. The summed E-state index contributed by atoms with van der Waals surface area (Å²) in [5.41, 5.74) is 2.48. The van der Waals surface area contributed by atoms with Crippen molar-refractivity contribution >= 4 is 22.8 Å². The number of carbonyl (C=O) groups is 2. The molecule has 1 aliphatic heterocycles. The van der Waals surface area contributed by atoms with Gasteiger partial charge < -0.3 is 10.0 Å². The quantitative estimate of drug-likeness (QED) is 0.762. The van der Waals surface area contributed by atoms with Crippen LogP contribution in [0.15, 0.2) is 36.5 Å². The number of likely N-dealkylation sites (tertiary alicyclic amines) is 1. The van der Waals surface area contributed by atoms with Crippen LogP contribution in [0.3, 0.4) is 0 Å². The van der Waals surface area contributed by atoms with E-state index in [0.717, 1.165) is 16.6 Å². The van der Waals surface area contributed by atoms with E-state index in [1.165, 1.54) is 0 Å². The monoisotopic (exact) mass is 365 g/mol. The Bertz CT molecular complexity index is 1020. The fourth-order valence-electron chi connectivity index (χ4n) is 3.49. The SMILES string of the molecule is Cc1c(C(=O)N2CCC(C(=O)O)CC2)nnn1-c1cccc2cccnc12. The lowest BCUT2D eigenvalue weighted by Gasteiger charge is -2.29. The molecule has 0 saturated carbocycles. The van der Waals surface area contributed by atoms with Gasteiger partial charge in [-0.1, -0.05) is 23.4 Å². The summed E-state index contributed by atoms with van der Waals surface area (Å²) in [6, 6.07) is 9.62. The minimum absolute atomic E-state index is 0.212. The number of aliphatic carboxylic acids is 1. The normalized spacial score (nSPS) is 15.2. The zero-order chi connectivity index (χ0) is 19.0. The number of para-hydroxylation sites is 1. The molecule has 8 nitrogen and oxygen atoms in total. The first-order valence-corrected chi connectivity index (χ1v) is 8.85. The van der Waals surface area contributed by atoms with Crippen molar-refractivity contribution in [3.8, 4) is 5.69 Å². The van der Waals surface area contributed by atoms with Crippen LogP contribution in [0.1, 0.15) is 29.0 Å². The van der Waals surface area contributed by atoms with Gasteiger partial charge in [0.25, 0.3) is 5.91 Å². The molecule has 1 N–H and O–H groups in total. The number of carboxylic acids is 1. The van der Waals surface area contributed by atoms with Crippen molar-refractivity contribution in [2.45, 2.75) is 19.8 Å². The third kappa shape index (κ3) is 3.03. The van der Waals surface area contributed by atoms with Crippen LogP contribution in [-0.4, -0.2) is 55.0 Å². The number of pyridine rings is 1. The third-order valence-corrected chi connectivity index (χ3v) is 5.07. The Morgan fingerprint density at radius 1 is 1.15 bits per heavy atom. The minimum Gasteiger partial charge on any atom is -0.481 e. The molecule has 0 unspecified atom stereocenters. The number of carbonyl (C=O) groups excluding carboxylic acids is 1. The average molecular weight is 365 g/mol. The van der Waals surface area contributed by atoms with Crippen molar-refractivity contribution in [3.63, 3.8) is 0 Å². The number of hydrogen-bond acceptors (Lipinski definition) is 5. The number of piperidine rings is 1. The van der Waals surface area contributed by atoms with Crippen LogP contribution in [0.25, 0.3) is 16.6 Å². The fourth-order valence-corrected chi connectivity index (χ4v) is 3.49. The Morgan fingerprint density at radius 2 is 1.89 bits per heavy atom. The molecular formula is C19H19N5O3. The predicted octanol–water partition coefficient (Wildman–Crippen LogP) is 2.06. The predicted molar refractivity (Wildman–Crippen MR) is 97.7 cm³/mol. The second-order valence-electron chi connectivity index (χ2n) is 6.69. The lowest BCUT2D eigenvalue weighted by atomic mass is 9.97. The standard InChI is InChI=1S/C19H19N5O3/c1-12-16(18(25)23-10-7-14(8-11-23)19(26)27)21-22-24(12)15-6-2-4-13-5-3-9-20-17(13)15/h2-6,9,14H,7-8,10-11H2,1H3,(H,26,27). The number of rotatable bonds is 3. The maximum atomic E-state index is 12.9. The van der Waals surface area contributed by atoms with Gasteiger partial charge in [-0.2, -0.15) is 0 Å². The highest BCUT2D eigenvalue weighted by Crippen LogP contribution is 2.23. The van der Waals surface area contributed by atoms with Gasteiger partial charge in [-0.15, -0.1) is 5.10 Å². The van der Waals surface area contributed by atoms with Crippen molar-refractivity contribution in [3.05, 3.63) is 47.9 Å². The molecule has 0 atom stereocenters. The lowest BCUT2D eigenvalue weighted by molar-refractivity contribution is -0.143. The topological polar surface area (TPSA) is 101 Å². The van der Waals surface area contributed by atoms with Crippen LogP contribution < -0.4 is 0 Å². The number of aromatic nitrogens is 4. The van der Waals surface area contributed by atoms with Crippen LogP contribution in [0, 0.1) is 12.8 Å². The Labute approximate surface area is 155 Å². The van der Waals surface area contributed by atoms with Crippen molar-refractivity contribution in [2.24, 2.45) is 5.92 Å². The summed E-state index contributed by atoms with van der Waals surface area (Å²) < 4.78 is 1.63. The third-order valence-electron chi connectivity index (χ3n) is 5.07. The van der Waals surface area contributed by atoms with E-state index in [0.29, 0.717) is 31.6 Å². The van der Waals surface area contributed by atoms with E-state index < -0.39 is 5.97 Å². The van der Waals surface area contributed by atoms with Crippen molar-refractivity contribution < 1.29 is 14.7 Å². The molecule has 138 valence electrons. The van der Waals surface area contributed by atoms with Gasteiger partial charge in [0.2, 0.25) is 0 Å².